The summed E-state index contributed by atoms with van der Waals surface area (Å²) in [6, 6.07) is 15.0. The topological polar surface area (TPSA) is 90.8 Å². The number of esters is 1. The summed E-state index contributed by atoms with van der Waals surface area (Å²) >= 11 is 5.60. The third kappa shape index (κ3) is 5.60. The van der Waals surface area contributed by atoms with Gasteiger partial charge < -0.3 is 29.3 Å². The summed E-state index contributed by atoms with van der Waals surface area (Å²) in [5, 5.41) is 4.64. The number of ether oxygens (including phenoxy) is 1. The molecule has 1 aliphatic rings. The summed E-state index contributed by atoms with van der Waals surface area (Å²) in [5.41, 5.74) is 3.14. The Hall–Kier alpha value is -4.44. The van der Waals surface area contributed by atoms with Crippen molar-refractivity contribution < 1.29 is 23.1 Å². The number of nitrogens with zero attached hydrogens (tertiary/aromatic N) is 2. The van der Waals surface area contributed by atoms with Crippen LogP contribution in [-0.4, -0.2) is 47.1 Å². The van der Waals surface area contributed by atoms with Crippen molar-refractivity contribution in [3.05, 3.63) is 95.5 Å². The second-order valence-electron chi connectivity index (χ2n) is 10.5. The molecule has 2 aromatic heterocycles. The Morgan fingerprint density at radius 1 is 1.20 bits per heavy atom. The van der Waals surface area contributed by atoms with Crippen LogP contribution < -0.4 is 10.2 Å². The van der Waals surface area contributed by atoms with E-state index < -0.39 is 17.2 Å². The van der Waals surface area contributed by atoms with E-state index >= 15 is 0 Å². The number of rotatable bonds is 6. The molecule has 5 rings (SSSR count). The molecule has 0 atom stereocenters. The molecule has 2 aromatic carbocycles. The number of furan rings is 1. The zero-order valence-corrected chi connectivity index (χ0v) is 24.1. The molecule has 41 heavy (non-hydrogen) atoms. The van der Waals surface area contributed by atoms with Gasteiger partial charge in [0, 0.05) is 47.4 Å². The van der Waals surface area contributed by atoms with E-state index in [1.54, 1.807) is 13.2 Å². The quantitative estimate of drug-likeness (QED) is 0.224. The van der Waals surface area contributed by atoms with Crippen molar-refractivity contribution in [1.82, 2.24) is 15.2 Å². The Balaban J connectivity index is 1.53. The van der Waals surface area contributed by atoms with Crippen LogP contribution in [0.3, 0.4) is 0 Å². The molecule has 8 nitrogen and oxygen atoms in total. The highest BCUT2D eigenvalue weighted by Crippen LogP contribution is 2.41. The Labute approximate surface area is 242 Å². The van der Waals surface area contributed by atoms with Crippen LogP contribution in [0.4, 0.5) is 10.1 Å². The predicted octanol–water partition coefficient (Wildman–Crippen LogP) is 5.75. The first-order valence-corrected chi connectivity index (χ1v) is 13.7. The summed E-state index contributed by atoms with van der Waals surface area (Å²) in [4.78, 5) is 33.5. The van der Waals surface area contributed by atoms with Crippen molar-refractivity contribution in [2.75, 3.05) is 25.1 Å². The fourth-order valence-electron chi connectivity index (χ4n) is 5.13. The summed E-state index contributed by atoms with van der Waals surface area (Å²) in [6.45, 7) is 6.72. The van der Waals surface area contributed by atoms with Gasteiger partial charge in [-0.1, -0.05) is 19.9 Å². The van der Waals surface area contributed by atoms with Gasteiger partial charge in [-0.25, -0.2) is 9.18 Å². The number of benzene rings is 2. The number of carbonyl (C=O) groups is 2. The third-order valence-corrected chi connectivity index (χ3v) is 7.53. The summed E-state index contributed by atoms with van der Waals surface area (Å²) < 4.78 is 24.3. The second-order valence-corrected chi connectivity index (χ2v) is 10.9. The third-order valence-electron chi connectivity index (χ3n) is 7.11. The lowest BCUT2D eigenvalue weighted by atomic mass is 9.81. The number of aromatic nitrogens is 1. The van der Waals surface area contributed by atoms with E-state index in [0.29, 0.717) is 22.9 Å². The molecule has 212 valence electrons. The highest BCUT2D eigenvalue weighted by molar-refractivity contribution is 7.80. The van der Waals surface area contributed by atoms with E-state index in [4.69, 9.17) is 21.4 Å². The van der Waals surface area contributed by atoms with Crippen molar-refractivity contribution in [3.8, 4) is 0 Å². The largest absolute Gasteiger partial charge is 0.467 e. The fourth-order valence-corrected chi connectivity index (χ4v) is 5.31. The first-order valence-electron chi connectivity index (χ1n) is 13.2. The maximum atomic E-state index is 13.5. The first kappa shape index (κ1) is 28.1. The van der Waals surface area contributed by atoms with Crippen LogP contribution in [0.25, 0.3) is 16.5 Å². The number of hydrogen-bond acceptors (Lipinski definition) is 5. The van der Waals surface area contributed by atoms with Crippen LogP contribution in [0, 0.1) is 5.82 Å². The zero-order valence-electron chi connectivity index (χ0n) is 23.3. The average molecular weight is 575 g/mol. The Kier molecular flexibility index (Phi) is 7.68. The molecular weight excluding hydrogens is 543 g/mol. The van der Waals surface area contributed by atoms with Crippen molar-refractivity contribution in [1.29, 1.82) is 0 Å². The Morgan fingerprint density at radius 3 is 2.63 bits per heavy atom. The number of aromatic amines is 1. The van der Waals surface area contributed by atoms with E-state index in [9.17, 15) is 14.0 Å². The number of fused-ring (bicyclic) bond motifs is 3. The minimum atomic E-state index is -0.568. The lowest BCUT2D eigenvalue weighted by Crippen LogP contribution is -2.37. The molecule has 0 bridgehead atoms. The molecule has 1 amide bonds. The van der Waals surface area contributed by atoms with Crippen molar-refractivity contribution in [2.45, 2.75) is 32.7 Å². The van der Waals surface area contributed by atoms with Gasteiger partial charge in [0.15, 0.2) is 5.11 Å². The van der Waals surface area contributed by atoms with Gasteiger partial charge in [0.2, 0.25) is 0 Å². The fraction of sp³-hybridized carbons (Fsp3) is 0.258. The maximum absolute atomic E-state index is 13.5. The molecule has 0 saturated carbocycles. The smallest absolute Gasteiger partial charge is 0.341 e. The molecule has 0 spiro atoms. The molecule has 0 aliphatic carbocycles. The minimum Gasteiger partial charge on any atom is -0.467 e. The normalized spacial score (nSPS) is 14.2. The standard InChI is InChI=1S/C31H31FN4O4S/c1-5-39-29(38)24-17-36(28(37)19-8-10-20(32)11-9-19)18-31(2,3)26-23-13-12-21(15-25(23)34-27(24)26)35(4)30(41)33-16-22-7-6-14-40-22/h6-15,17,34H,5,16,18H2,1-4H3,(H,33,41). The van der Waals surface area contributed by atoms with Gasteiger partial charge >= 0.3 is 5.97 Å². The van der Waals surface area contributed by atoms with Crippen molar-refractivity contribution in [3.63, 3.8) is 0 Å². The van der Waals surface area contributed by atoms with Crippen molar-refractivity contribution >= 4 is 51.4 Å². The number of anilines is 1. The molecular formula is C31H31FN4O4S. The summed E-state index contributed by atoms with van der Waals surface area (Å²) in [7, 11) is 1.87. The highest BCUT2D eigenvalue weighted by Gasteiger charge is 2.37. The predicted molar refractivity (Wildman–Crippen MR) is 160 cm³/mol. The second kappa shape index (κ2) is 11.2. The highest BCUT2D eigenvalue weighted by atomic mass is 32.1. The van der Waals surface area contributed by atoms with Gasteiger partial charge in [-0.3, -0.25) is 4.79 Å². The number of hydrogen-bond donors (Lipinski definition) is 2. The maximum Gasteiger partial charge on any atom is 0.341 e. The van der Waals surface area contributed by atoms with Crippen LogP contribution in [-0.2, 0) is 21.5 Å². The summed E-state index contributed by atoms with van der Waals surface area (Å²) in [5.74, 6) is -0.540. The zero-order chi connectivity index (χ0) is 29.3. The minimum absolute atomic E-state index is 0.179. The van der Waals surface area contributed by atoms with Crippen LogP contribution in [0.15, 0.2) is 71.5 Å². The Bertz CT molecular complexity index is 1640. The van der Waals surface area contributed by atoms with Gasteiger partial charge in [-0.2, -0.15) is 0 Å². The van der Waals surface area contributed by atoms with Crippen LogP contribution in [0.5, 0.6) is 0 Å². The molecule has 0 saturated heterocycles. The van der Waals surface area contributed by atoms with Gasteiger partial charge in [0.25, 0.3) is 5.91 Å². The monoisotopic (exact) mass is 574 g/mol. The number of halogens is 1. The Morgan fingerprint density at radius 2 is 1.95 bits per heavy atom. The van der Waals surface area contributed by atoms with E-state index in [2.05, 4.69) is 10.3 Å². The number of thiocarbonyl (C=S) groups is 1. The lowest BCUT2D eigenvalue weighted by molar-refractivity contribution is -0.136. The number of carbonyl (C=O) groups excluding carboxylic acids is 2. The number of amides is 1. The van der Waals surface area contributed by atoms with E-state index in [-0.39, 0.29) is 24.6 Å². The molecule has 3 heterocycles. The first-order chi connectivity index (χ1) is 19.6. The molecule has 10 heteroatoms. The van der Waals surface area contributed by atoms with E-state index in [0.717, 1.165) is 27.9 Å². The van der Waals surface area contributed by atoms with Crippen LogP contribution >= 0.6 is 12.2 Å². The molecule has 4 aromatic rings. The average Bonchev–Trinajstić information content (AvgIpc) is 3.59. The van der Waals surface area contributed by atoms with E-state index in [1.807, 2.05) is 56.1 Å². The van der Waals surface area contributed by atoms with Gasteiger partial charge in [0.1, 0.15) is 11.6 Å². The van der Waals surface area contributed by atoms with Gasteiger partial charge in [-0.15, -0.1) is 0 Å². The van der Waals surface area contributed by atoms with Crippen LogP contribution in [0.2, 0.25) is 0 Å². The van der Waals surface area contributed by atoms with Gasteiger partial charge in [-0.05, 0) is 73.2 Å². The lowest BCUT2D eigenvalue weighted by Gasteiger charge is -2.30. The molecule has 2 N–H and O–H groups in total. The molecule has 0 unspecified atom stereocenters. The van der Waals surface area contributed by atoms with Crippen molar-refractivity contribution in [2.24, 2.45) is 0 Å². The van der Waals surface area contributed by atoms with Crippen LogP contribution in [0.1, 0.15) is 48.1 Å². The molecule has 0 radical (unpaired) electrons. The summed E-state index contributed by atoms with van der Waals surface area (Å²) in [6.07, 6.45) is 3.15. The van der Waals surface area contributed by atoms with Gasteiger partial charge in [0.05, 0.1) is 30.7 Å². The molecule has 1 aliphatic heterocycles. The number of H-pyrrole nitrogens is 1. The SMILES string of the molecule is CCOC(=O)C1=CN(C(=O)c2ccc(F)cc2)CC(C)(C)c2c1[nH]c1cc(N(C)C(=S)NCc3ccco3)ccc21. The molecule has 0 fully saturated rings. The van der Waals surface area contributed by atoms with E-state index in [1.165, 1.54) is 35.4 Å². The number of nitrogens with one attached hydrogen (secondary N) is 2.